The quantitative estimate of drug-likeness (QED) is 0.377. The zero-order valence-corrected chi connectivity index (χ0v) is 4.38. The van der Waals surface area contributed by atoms with Crippen molar-refractivity contribution in [3.63, 3.8) is 0 Å². The van der Waals surface area contributed by atoms with Crippen LogP contribution in [0, 0.1) is 0 Å². The zero-order valence-electron chi connectivity index (χ0n) is 4.38. The van der Waals surface area contributed by atoms with Gasteiger partial charge in [-0.3, -0.25) is 4.79 Å². The van der Waals surface area contributed by atoms with Crippen LogP contribution in [0.3, 0.4) is 0 Å². The van der Waals surface area contributed by atoms with Gasteiger partial charge in [0.05, 0.1) is 0 Å². The highest BCUT2D eigenvalue weighted by Crippen LogP contribution is 1.83. The fourth-order valence-electron chi connectivity index (χ4n) is 0.134. The van der Waals surface area contributed by atoms with Crippen molar-refractivity contribution in [3.05, 3.63) is 0 Å². The lowest BCUT2D eigenvalue weighted by Crippen LogP contribution is -2.07. The summed E-state index contributed by atoms with van der Waals surface area (Å²) in [6.45, 7) is 1.99. The first-order valence-corrected chi connectivity index (χ1v) is 1.93. The van der Waals surface area contributed by atoms with E-state index in [9.17, 15) is 4.79 Å². The molecule has 0 amide bonds. The first-order valence-electron chi connectivity index (χ1n) is 1.93. The van der Waals surface area contributed by atoms with Crippen molar-refractivity contribution in [2.24, 2.45) is 0 Å². The maximum atomic E-state index is 9.47. The summed E-state index contributed by atoms with van der Waals surface area (Å²) in [5.74, 6) is 0. The molecule has 0 aromatic rings. The summed E-state index contributed by atoms with van der Waals surface area (Å²) in [4.78, 5) is 9.47. The van der Waals surface area contributed by atoms with Crippen molar-refractivity contribution < 1.29 is 14.3 Å². The van der Waals surface area contributed by atoms with E-state index in [2.05, 4.69) is 9.47 Å². The van der Waals surface area contributed by atoms with E-state index in [0.29, 0.717) is 6.47 Å². The summed E-state index contributed by atoms with van der Waals surface area (Å²) in [7, 11) is 1.47. The molecule has 0 saturated carbocycles. The third-order valence-corrected chi connectivity index (χ3v) is 0.579. The third kappa shape index (κ3) is 3.26. The maximum absolute atomic E-state index is 9.47. The molecule has 3 nitrogen and oxygen atoms in total. The van der Waals surface area contributed by atoms with Gasteiger partial charge in [0.25, 0.3) is 6.47 Å². The van der Waals surface area contributed by atoms with Crippen molar-refractivity contribution in [2.75, 3.05) is 7.11 Å². The Morgan fingerprint density at radius 2 is 2.29 bits per heavy atom. The predicted molar refractivity (Wildman–Crippen MR) is 23.6 cm³/mol. The van der Waals surface area contributed by atoms with Crippen molar-refractivity contribution in [2.45, 2.75) is 13.2 Å². The fourth-order valence-corrected chi connectivity index (χ4v) is 0.134. The minimum Gasteiger partial charge on any atom is -0.438 e. The SMILES string of the molecule is COC(C)OC=O. The highest BCUT2D eigenvalue weighted by atomic mass is 16.7. The Labute approximate surface area is 42.2 Å². The smallest absolute Gasteiger partial charge is 0.295 e. The molecule has 0 rings (SSSR count). The van der Waals surface area contributed by atoms with Crippen LogP contribution < -0.4 is 0 Å². The second-order valence-corrected chi connectivity index (χ2v) is 1.04. The van der Waals surface area contributed by atoms with Crippen molar-refractivity contribution in [1.29, 1.82) is 0 Å². The first-order chi connectivity index (χ1) is 3.31. The lowest BCUT2D eigenvalue weighted by Gasteiger charge is -2.03. The van der Waals surface area contributed by atoms with E-state index in [1.807, 2.05) is 0 Å². The number of hydrogen-bond donors (Lipinski definition) is 0. The summed E-state index contributed by atoms with van der Waals surface area (Å²) < 4.78 is 8.83. The Balaban J connectivity index is 2.98. The zero-order chi connectivity index (χ0) is 5.70. The highest BCUT2D eigenvalue weighted by molar-refractivity contribution is 5.36. The standard InChI is InChI=1S/C4H8O3/c1-4(6-2)7-3-5/h3-4H,1-2H3. The van der Waals surface area contributed by atoms with Gasteiger partial charge in [-0.25, -0.2) is 0 Å². The van der Waals surface area contributed by atoms with Gasteiger partial charge in [0.2, 0.25) is 0 Å². The lowest BCUT2D eigenvalue weighted by molar-refractivity contribution is -0.153. The van der Waals surface area contributed by atoms with Gasteiger partial charge in [-0.2, -0.15) is 0 Å². The lowest BCUT2D eigenvalue weighted by atomic mass is 10.8. The topological polar surface area (TPSA) is 35.5 Å². The average molecular weight is 104 g/mol. The van der Waals surface area contributed by atoms with E-state index >= 15 is 0 Å². The summed E-state index contributed by atoms with van der Waals surface area (Å²) >= 11 is 0. The van der Waals surface area contributed by atoms with Crippen LogP contribution in [0.15, 0.2) is 0 Å². The molecule has 0 spiro atoms. The second-order valence-electron chi connectivity index (χ2n) is 1.04. The van der Waals surface area contributed by atoms with Crippen LogP contribution in [-0.2, 0) is 14.3 Å². The summed E-state index contributed by atoms with van der Waals surface area (Å²) in [6.07, 6.45) is -0.419. The predicted octanol–water partition coefficient (Wildman–Crippen LogP) is 0.152. The van der Waals surface area contributed by atoms with Gasteiger partial charge < -0.3 is 9.47 Å². The first kappa shape index (κ1) is 6.43. The molecule has 0 bridgehead atoms. The van der Waals surface area contributed by atoms with Crippen LogP contribution >= 0.6 is 0 Å². The number of hydrogen-bond acceptors (Lipinski definition) is 3. The van der Waals surface area contributed by atoms with E-state index in [4.69, 9.17) is 0 Å². The van der Waals surface area contributed by atoms with Crippen LogP contribution in [0.2, 0.25) is 0 Å². The van der Waals surface area contributed by atoms with Gasteiger partial charge in [-0.05, 0) is 6.92 Å². The largest absolute Gasteiger partial charge is 0.438 e. The van der Waals surface area contributed by atoms with E-state index in [1.165, 1.54) is 7.11 Å². The molecule has 1 unspecified atom stereocenters. The normalized spacial score (nSPS) is 12.9. The molecule has 0 fully saturated rings. The summed E-state index contributed by atoms with van der Waals surface area (Å²) in [5, 5.41) is 0. The van der Waals surface area contributed by atoms with E-state index in [-0.39, 0.29) is 0 Å². The molecule has 7 heavy (non-hydrogen) atoms. The minimum atomic E-state index is -0.419. The van der Waals surface area contributed by atoms with E-state index in [0.717, 1.165) is 0 Å². The molecule has 3 heteroatoms. The van der Waals surface area contributed by atoms with Crippen LogP contribution in [0.5, 0.6) is 0 Å². The molecule has 1 atom stereocenters. The number of rotatable bonds is 3. The van der Waals surface area contributed by atoms with Crippen LogP contribution in [0.25, 0.3) is 0 Å². The van der Waals surface area contributed by atoms with Crippen LogP contribution in [0.1, 0.15) is 6.92 Å². The second kappa shape index (κ2) is 3.61. The molecule has 0 aliphatic heterocycles. The molecule has 0 N–H and O–H groups in total. The van der Waals surface area contributed by atoms with Crippen molar-refractivity contribution in [1.82, 2.24) is 0 Å². The molecule has 0 heterocycles. The van der Waals surface area contributed by atoms with Gasteiger partial charge in [0, 0.05) is 7.11 Å². The minimum absolute atomic E-state index is 0.355. The maximum Gasteiger partial charge on any atom is 0.295 e. The summed E-state index contributed by atoms with van der Waals surface area (Å²) in [5.41, 5.74) is 0. The van der Waals surface area contributed by atoms with Crippen LogP contribution in [-0.4, -0.2) is 19.9 Å². The number of ether oxygens (including phenoxy) is 2. The molecule has 0 aliphatic carbocycles. The molecule has 42 valence electrons. The summed E-state index contributed by atoms with van der Waals surface area (Å²) in [6, 6.07) is 0. The third-order valence-electron chi connectivity index (χ3n) is 0.579. The van der Waals surface area contributed by atoms with Crippen molar-refractivity contribution in [3.8, 4) is 0 Å². The van der Waals surface area contributed by atoms with Crippen LogP contribution in [0.4, 0.5) is 0 Å². The highest BCUT2D eigenvalue weighted by Gasteiger charge is 1.92. The number of carbonyl (C=O) groups excluding carboxylic acids is 1. The molecule has 0 aliphatic rings. The Morgan fingerprint density at radius 3 is 2.43 bits per heavy atom. The Morgan fingerprint density at radius 1 is 1.71 bits per heavy atom. The molecule has 0 aromatic heterocycles. The molecular weight excluding hydrogens is 96.0 g/mol. The van der Waals surface area contributed by atoms with E-state index in [1.54, 1.807) is 6.92 Å². The molecular formula is C4H8O3. The molecule has 0 aromatic carbocycles. The van der Waals surface area contributed by atoms with Gasteiger partial charge in [-0.1, -0.05) is 0 Å². The van der Waals surface area contributed by atoms with Gasteiger partial charge in [0.15, 0.2) is 6.29 Å². The molecule has 0 radical (unpaired) electrons. The monoisotopic (exact) mass is 104 g/mol. The van der Waals surface area contributed by atoms with Crippen molar-refractivity contribution >= 4 is 6.47 Å². The number of methoxy groups -OCH3 is 1. The Kier molecular flexibility index (Phi) is 3.32. The number of carbonyl (C=O) groups is 1. The van der Waals surface area contributed by atoms with Gasteiger partial charge in [-0.15, -0.1) is 0 Å². The Hall–Kier alpha value is -0.570. The average Bonchev–Trinajstić information content (AvgIpc) is 1.68. The van der Waals surface area contributed by atoms with Gasteiger partial charge in [0.1, 0.15) is 0 Å². The van der Waals surface area contributed by atoms with Gasteiger partial charge >= 0.3 is 0 Å². The molecule has 0 saturated heterocycles. The Bertz CT molecular complexity index is 52.9. The van der Waals surface area contributed by atoms with E-state index < -0.39 is 6.29 Å². The fraction of sp³-hybridized carbons (Fsp3) is 0.750.